The number of aliphatic hydroxyl groups excluding tert-OH is 1. The van der Waals surface area contributed by atoms with Crippen molar-refractivity contribution >= 4 is 6.09 Å². The van der Waals surface area contributed by atoms with Crippen LogP contribution in [0, 0.1) is 0 Å². The Morgan fingerprint density at radius 3 is 2.42 bits per heavy atom. The lowest BCUT2D eigenvalue weighted by Crippen LogP contribution is -2.32. The zero-order valence-electron chi connectivity index (χ0n) is 7.49. The van der Waals surface area contributed by atoms with Crippen molar-refractivity contribution in [3.8, 4) is 0 Å². The van der Waals surface area contributed by atoms with E-state index >= 15 is 0 Å². The summed E-state index contributed by atoms with van der Waals surface area (Å²) in [5.74, 6) is 0. The zero-order chi connectivity index (χ0) is 9.40. The van der Waals surface area contributed by atoms with Crippen LogP contribution in [-0.2, 0) is 0 Å². The summed E-state index contributed by atoms with van der Waals surface area (Å²) in [6.45, 7) is 2.72. The Morgan fingerprint density at radius 1 is 1.33 bits per heavy atom. The molecule has 4 nitrogen and oxygen atoms in total. The number of nitrogens with zero attached hydrogens (tertiary/aromatic N) is 1. The van der Waals surface area contributed by atoms with Gasteiger partial charge in [0.15, 0.2) is 0 Å². The number of carbonyl (C=O) groups is 1. The van der Waals surface area contributed by atoms with Gasteiger partial charge in [-0.2, -0.15) is 0 Å². The van der Waals surface area contributed by atoms with Crippen molar-refractivity contribution in [1.29, 1.82) is 0 Å². The average molecular weight is 175 g/mol. The number of amides is 1. The number of carboxylic acid groups (broad SMARTS) is 1. The van der Waals surface area contributed by atoms with E-state index in [-0.39, 0.29) is 13.2 Å². The van der Waals surface area contributed by atoms with Gasteiger partial charge in [-0.1, -0.05) is 19.8 Å². The van der Waals surface area contributed by atoms with Gasteiger partial charge in [-0.25, -0.2) is 4.79 Å². The van der Waals surface area contributed by atoms with Crippen molar-refractivity contribution in [1.82, 2.24) is 4.90 Å². The summed E-state index contributed by atoms with van der Waals surface area (Å²) >= 11 is 0. The molecule has 0 aliphatic heterocycles. The number of hydrogen-bond acceptors (Lipinski definition) is 2. The molecular weight excluding hydrogens is 158 g/mol. The molecule has 0 heterocycles. The van der Waals surface area contributed by atoms with Gasteiger partial charge < -0.3 is 15.1 Å². The van der Waals surface area contributed by atoms with E-state index in [2.05, 4.69) is 6.92 Å². The first-order chi connectivity index (χ1) is 5.72. The van der Waals surface area contributed by atoms with E-state index in [1.807, 2.05) is 0 Å². The highest BCUT2D eigenvalue weighted by Crippen LogP contribution is 1.98. The standard InChI is InChI=1S/C8H17NO3/c1-2-3-4-5-9(6-7-10)8(11)12/h10H,2-7H2,1H3,(H,11,12). The molecule has 4 heteroatoms. The van der Waals surface area contributed by atoms with E-state index in [0.717, 1.165) is 19.3 Å². The van der Waals surface area contributed by atoms with Gasteiger partial charge in [0.2, 0.25) is 0 Å². The lowest BCUT2D eigenvalue weighted by atomic mass is 10.2. The number of aliphatic hydroxyl groups is 1. The van der Waals surface area contributed by atoms with Crippen LogP contribution < -0.4 is 0 Å². The highest BCUT2D eigenvalue weighted by atomic mass is 16.4. The Balaban J connectivity index is 3.56. The molecule has 0 aromatic carbocycles. The second-order valence-corrected chi connectivity index (χ2v) is 2.70. The van der Waals surface area contributed by atoms with Crippen LogP contribution in [0.4, 0.5) is 4.79 Å². The normalized spacial score (nSPS) is 9.83. The van der Waals surface area contributed by atoms with Crippen LogP contribution in [-0.4, -0.2) is 40.9 Å². The number of hydrogen-bond donors (Lipinski definition) is 2. The molecule has 0 radical (unpaired) electrons. The van der Waals surface area contributed by atoms with E-state index in [9.17, 15) is 4.79 Å². The van der Waals surface area contributed by atoms with Crippen LogP contribution in [0.5, 0.6) is 0 Å². The number of unbranched alkanes of at least 4 members (excludes halogenated alkanes) is 2. The third-order valence-corrected chi connectivity index (χ3v) is 1.67. The molecule has 0 fully saturated rings. The van der Waals surface area contributed by atoms with E-state index in [1.54, 1.807) is 0 Å². The molecule has 0 aromatic heterocycles. The predicted molar refractivity (Wildman–Crippen MR) is 46.2 cm³/mol. The van der Waals surface area contributed by atoms with E-state index < -0.39 is 6.09 Å². The topological polar surface area (TPSA) is 60.8 Å². The van der Waals surface area contributed by atoms with Crippen LogP contribution in [0.15, 0.2) is 0 Å². The van der Waals surface area contributed by atoms with Crippen LogP contribution >= 0.6 is 0 Å². The second-order valence-electron chi connectivity index (χ2n) is 2.70. The van der Waals surface area contributed by atoms with Gasteiger partial charge in [-0.3, -0.25) is 0 Å². The first kappa shape index (κ1) is 11.2. The van der Waals surface area contributed by atoms with Crippen LogP contribution in [0.25, 0.3) is 0 Å². The minimum atomic E-state index is -0.944. The molecule has 0 saturated heterocycles. The predicted octanol–water partition coefficient (Wildman–Crippen LogP) is 1.15. The molecule has 0 aliphatic rings. The fourth-order valence-corrected chi connectivity index (χ4v) is 0.976. The molecule has 0 bridgehead atoms. The Hall–Kier alpha value is -0.770. The molecule has 72 valence electrons. The van der Waals surface area contributed by atoms with Gasteiger partial charge in [0.25, 0.3) is 0 Å². The van der Waals surface area contributed by atoms with Gasteiger partial charge >= 0.3 is 6.09 Å². The molecule has 0 aromatic rings. The quantitative estimate of drug-likeness (QED) is 0.595. The highest BCUT2D eigenvalue weighted by Gasteiger charge is 2.08. The SMILES string of the molecule is CCCCCN(CCO)C(=O)O. The van der Waals surface area contributed by atoms with Crippen molar-refractivity contribution in [3.05, 3.63) is 0 Å². The smallest absolute Gasteiger partial charge is 0.407 e. The maximum absolute atomic E-state index is 10.5. The Labute approximate surface area is 72.8 Å². The van der Waals surface area contributed by atoms with Gasteiger partial charge in [-0.15, -0.1) is 0 Å². The highest BCUT2D eigenvalue weighted by molar-refractivity contribution is 5.64. The molecule has 0 unspecified atom stereocenters. The maximum Gasteiger partial charge on any atom is 0.407 e. The van der Waals surface area contributed by atoms with Gasteiger partial charge in [0.05, 0.1) is 6.61 Å². The maximum atomic E-state index is 10.5. The Kier molecular flexibility index (Phi) is 6.47. The van der Waals surface area contributed by atoms with E-state index in [4.69, 9.17) is 10.2 Å². The summed E-state index contributed by atoms with van der Waals surface area (Å²) < 4.78 is 0. The van der Waals surface area contributed by atoms with Gasteiger partial charge in [-0.05, 0) is 6.42 Å². The first-order valence-corrected chi connectivity index (χ1v) is 4.31. The summed E-state index contributed by atoms with van der Waals surface area (Å²) in [7, 11) is 0. The van der Waals surface area contributed by atoms with Crippen LogP contribution in [0.2, 0.25) is 0 Å². The largest absolute Gasteiger partial charge is 0.465 e. The van der Waals surface area contributed by atoms with Crippen molar-refractivity contribution in [2.24, 2.45) is 0 Å². The molecule has 2 N–H and O–H groups in total. The van der Waals surface area contributed by atoms with Gasteiger partial charge in [0, 0.05) is 13.1 Å². The minimum absolute atomic E-state index is 0.0988. The first-order valence-electron chi connectivity index (χ1n) is 4.31. The third kappa shape index (κ3) is 4.96. The fourth-order valence-electron chi connectivity index (χ4n) is 0.976. The summed E-state index contributed by atoms with van der Waals surface area (Å²) in [5.41, 5.74) is 0. The monoisotopic (exact) mass is 175 g/mol. The van der Waals surface area contributed by atoms with Crippen LogP contribution in [0.3, 0.4) is 0 Å². The minimum Gasteiger partial charge on any atom is -0.465 e. The molecular formula is C8H17NO3. The van der Waals surface area contributed by atoms with Gasteiger partial charge in [0.1, 0.15) is 0 Å². The third-order valence-electron chi connectivity index (χ3n) is 1.67. The van der Waals surface area contributed by atoms with Crippen molar-refractivity contribution < 1.29 is 15.0 Å². The molecule has 12 heavy (non-hydrogen) atoms. The number of rotatable bonds is 6. The lowest BCUT2D eigenvalue weighted by Gasteiger charge is -2.17. The summed E-state index contributed by atoms with van der Waals surface area (Å²) in [6, 6.07) is 0. The molecule has 1 amide bonds. The Morgan fingerprint density at radius 2 is 2.00 bits per heavy atom. The molecule has 0 aliphatic carbocycles. The fraction of sp³-hybridized carbons (Fsp3) is 0.875. The average Bonchev–Trinajstić information content (AvgIpc) is 2.03. The summed E-state index contributed by atoms with van der Waals surface area (Å²) in [6.07, 6.45) is 2.05. The van der Waals surface area contributed by atoms with Crippen molar-refractivity contribution in [2.75, 3.05) is 19.7 Å². The van der Waals surface area contributed by atoms with Crippen molar-refractivity contribution in [2.45, 2.75) is 26.2 Å². The molecule has 0 saturated carbocycles. The summed E-state index contributed by atoms with van der Waals surface area (Å²) in [4.78, 5) is 11.7. The molecule has 0 rings (SSSR count). The lowest BCUT2D eigenvalue weighted by molar-refractivity contribution is 0.131. The zero-order valence-corrected chi connectivity index (χ0v) is 7.49. The van der Waals surface area contributed by atoms with Crippen LogP contribution in [0.1, 0.15) is 26.2 Å². The molecule has 0 atom stereocenters. The van der Waals surface area contributed by atoms with Crippen molar-refractivity contribution in [3.63, 3.8) is 0 Å². The van der Waals surface area contributed by atoms with E-state index in [1.165, 1.54) is 4.90 Å². The second kappa shape index (κ2) is 6.91. The Bertz CT molecular complexity index is 127. The summed E-state index contributed by atoms with van der Waals surface area (Å²) in [5, 5.41) is 17.2. The molecule has 0 spiro atoms. The van der Waals surface area contributed by atoms with E-state index in [0.29, 0.717) is 6.54 Å².